The third-order valence-corrected chi connectivity index (χ3v) is 9.14. The van der Waals surface area contributed by atoms with Gasteiger partial charge in [0.15, 0.2) is 11.7 Å². The Balaban J connectivity index is 1.49. The Labute approximate surface area is 286 Å². The van der Waals surface area contributed by atoms with Crippen LogP contribution in [0.25, 0.3) is 22.3 Å². The summed E-state index contributed by atoms with van der Waals surface area (Å²) >= 11 is 0. The Hall–Kier alpha value is -3.51. The van der Waals surface area contributed by atoms with E-state index in [2.05, 4.69) is 0 Å². The predicted octanol–water partition coefficient (Wildman–Crippen LogP) is -3.97. The number of ether oxygens (including phenoxy) is 5. The molecule has 0 bridgehead atoms. The topological polar surface area (TPSA) is 319 Å². The Kier molecular flexibility index (Phi) is 10.8. The summed E-state index contributed by atoms with van der Waals surface area (Å²) in [6.45, 7) is -2.26. The smallest absolute Gasteiger partial charge is 0.229 e. The minimum atomic E-state index is -1.98. The van der Waals surface area contributed by atoms with Crippen LogP contribution in [0, 0.1) is 0 Å². The molecule has 19 heteroatoms. The first-order valence-electron chi connectivity index (χ1n) is 15.8. The Morgan fingerprint density at radius 3 is 1.92 bits per heavy atom. The molecule has 6 rings (SSSR count). The average Bonchev–Trinajstić information content (AvgIpc) is 3.11. The lowest BCUT2D eigenvalue weighted by molar-refractivity contribution is -0.336. The van der Waals surface area contributed by atoms with Gasteiger partial charge in [0.05, 0.1) is 25.4 Å². The molecular formula is C32H38O19. The lowest BCUT2D eigenvalue weighted by Crippen LogP contribution is -2.61. The molecule has 3 aliphatic heterocycles. The first kappa shape index (κ1) is 37.3. The van der Waals surface area contributed by atoms with Crippen LogP contribution in [0.5, 0.6) is 17.2 Å². The van der Waals surface area contributed by atoms with Gasteiger partial charge in [-0.05, 0) is 24.3 Å². The molecule has 0 spiro atoms. The van der Waals surface area contributed by atoms with E-state index in [4.69, 9.17) is 28.1 Å². The predicted molar refractivity (Wildman–Crippen MR) is 165 cm³/mol. The summed E-state index contributed by atoms with van der Waals surface area (Å²) in [6, 6.07) is 7.68. The normalized spacial score (nSPS) is 37.4. The fourth-order valence-electron chi connectivity index (χ4n) is 6.25. The molecule has 0 aliphatic carbocycles. The van der Waals surface area contributed by atoms with Gasteiger partial charge in [-0.15, -0.1) is 0 Å². The highest BCUT2D eigenvalue weighted by Crippen LogP contribution is 2.46. The van der Waals surface area contributed by atoms with Crippen LogP contribution in [0.1, 0.15) is 11.7 Å². The van der Waals surface area contributed by atoms with Crippen molar-refractivity contribution in [2.75, 3.05) is 19.8 Å². The number of fused-ring (bicyclic) bond motifs is 1. The molecular weight excluding hydrogens is 688 g/mol. The van der Waals surface area contributed by atoms with Crippen LogP contribution < -0.4 is 10.2 Å². The molecule has 12 N–H and O–H groups in total. The summed E-state index contributed by atoms with van der Waals surface area (Å²) in [7, 11) is 0. The fraction of sp³-hybridized carbons (Fsp3) is 0.531. The van der Waals surface area contributed by atoms with Gasteiger partial charge in [-0.3, -0.25) is 4.79 Å². The molecule has 0 amide bonds. The minimum Gasteiger partial charge on any atom is -0.508 e. The van der Waals surface area contributed by atoms with Crippen molar-refractivity contribution in [1.82, 2.24) is 0 Å². The molecule has 4 heterocycles. The lowest BCUT2D eigenvalue weighted by Gasteiger charge is -2.45. The van der Waals surface area contributed by atoms with Crippen LogP contribution >= 0.6 is 0 Å². The van der Waals surface area contributed by atoms with E-state index in [1.54, 1.807) is 0 Å². The zero-order valence-corrected chi connectivity index (χ0v) is 26.4. The second-order valence-corrected chi connectivity index (χ2v) is 12.5. The van der Waals surface area contributed by atoms with Crippen LogP contribution in [-0.4, -0.2) is 161 Å². The zero-order chi connectivity index (χ0) is 36.9. The second-order valence-electron chi connectivity index (χ2n) is 12.5. The van der Waals surface area contributed by atoms with Crippen molar-refractivity contribution in [3.63, 3.8) is 0 Å². The van der Waals surface area contributed by atoms with Crippen molar-refractivity contribution < 1.29 is 89.4 Å². The summed E-state index contributed by atoms with van der Waals surface area (Å²) < 4.78 is 34.3. The van der Waals surface area contributed by atoms with E-state index < -0.39 is 134 Å². The van der Waals surface area contributed by atoms with E-state index in [1.165, 1.54) is 24.3 Å². The maximum atomic E-state index is 13.6. The summed E-state index contributed by atoms with van der Waals surface area (Å²) in [5.41, 5.74) is -1.26. The first-order valence-corrected chi connectivity index (χ1v) is 15.8. The summed E-state index contributed by atoms with van der Waals surface area (Å²) in [5, 5.41) is 125. The molecule has 14 unspecified atom stereocenters. The number of phenols is 2. The molecule has 3 aromatic rings. The van der Waals surface area contributed by atoms with Crippen molar-refractivity contribution >= 4 is 11.0 Å². The number of aliphatic hydroxyl groups excluding tert-OH is 10. The molecule has 2 aromatic carbocycles. The van der Waals surface area contributed by atoms with E-state index >= 15 is 0 Å². The first-order chi connectivity index (χ1) is 24.2. The molecule has 14 atom stereocenters. The van der Waals surface area contributed by atoms with Crippen LogP contribution in [0.15, 0.2) is 45.6 Å². The molecule has 280 valence electrons. The number of hydrogen-bond donors (Lipinski definition) is 12. The standard InChI is InChI=1S/C32H38O19/c33-7-17-22(39)25(42)27(44)31(49-17)48-16-6-15-19(12(36)5-14(47-15)10-1-3-11(35)4-2-10)24(41)20(16)29-30(21(38)13(37)9-46-29)51-32-28(45)26(43)23(40)18(8-34)50-32/h1-6,13,17-18,21-23,25-35,37-45H,7-9H2. The van der Waals surface area contributed by atoms with Crippen LogP contribution in [0.3, 0.4) is 0 Å². The number of aliphatic hydroxyl groups is 10. The van der Waals surface area contributed by atoms with Crippen molar-refractivity contribution in [1.29, 1.82) is 0 Å². The van der Waals surface area contributed by atoms with Crippen LogP contribution in [0.2, 0.25) is 0 Å². The van der Waals surface area contributed by atoms with Crippen molar-refractivity contribution in [2.45, 2.75) is 85.8 Å². The molecule has 3 saturated heterocycles. The van der Waals surface area contributed by atoms with E-state index in [-0.39, 0.29) is 17.1 Å². The Bertz CT molecular complexity index is 1730. The Morgan fingerprint density at radius 2 is 1.31 bits per heavy atom. The largest absolute Gasteiger partial charge is 0.508 e. The van der Waals surface area contributed by atoms with Gasteiger partial charge in [-0.2, -0.15) is 0 Å². The van der Waals surface area contributed by atoms with Crippen molar-refractivity contribution in [2.24, 2.45) is 0 Å². The van der Waals surface area contributed by atoms with E-state index in [9.17, 15) is 66.1 Å². The summed E-state index contributed by atoms with van der Waals surface area (Å²) in [6.07, 6.45) is -25.0. The molecule has 0 radical (unpaired) electrons. The third kappa shape index (κ3) is 6.90. The second kappa shape index (κ2) is 14.8. The molecule has 1 aromatic heterocycles. The van der Waals surface area contributed by atoms with Gasteiger partial charge in [0.2, 0.25) is 6.29 Å². The van der Waals surface area contributed by atoms with Gasteiger partial charge < -0.3 is 89.4 Å². The van der Waals surface area contributed by atoms with Gasteiger partial charge in [-0.1, -0.05) is 0 Å². The Morgan fingerprint density at radius 1 is 0.725 bits per heavy atom. The molecule has 3 fully saturated rings. The highest BCUT2D eigenvalue weighted by Gasteiger charge is 2.51. The van der Waals surface area contributed by atoms with Gasteiger partial charge >= 0.3 is 0 Å². The van der Waals surface area contributed by atoms with Crippen molar-refractivity contribution in [3.8, 4) is 28.6 Å². The zero-order valence-electron chi connectivity index (χ0n) is 26.4. The van der Waals surface area contributed by atoms with E-state index in [1.807, 2.05) is 0 Å². The van der Waals surface area contributed by atoms with Gasteiger partial charge in [0.25, 0.3) is 0 Å². The average molecular weight is 727 g/mol. The van der Waals surface area contributed by atoms with Gasteiger partial charge in [0.1, 0.15) is 107 Å². The summed E-state index contributed by atoms with van der Waals surface area (Å²) in [5.74, 6) is -1.46. The highest BCUT2D eigenvalue weighted by atomic mass is 16.7. The van der Waals surface area contributed by atoms with Gasteiger partial charge in [-0.25, -0.2) is 0 Å². The quantitative estimate of drug-likeness (QED) is 0.105. The molecule has 0 saturated carbocycles. The maximum absolute atomic E-state index is 13.6. The SMILES string of the molecule is O=c1cc(-c2ccc(O)cc2)oc2cc(OC3OC(CO)C(O)C(O)C3O)c(C3OCC(O)C(O)C3OC3OC(CO)C(O)C(O)C3O)c(O)c12. The highest BCUT2D eigenvalue weighted by molar-refractivity contribution is 5.88. The van der Waals surface area contributed by atoms with Gasteiger partial charge in [0, 0.05) is 17.7 Å². The number of hydrogen-bond acceptors (Lipinski definition) is 19. The van der Waals surface area contributed by atoms with E-state index in [0.29, 0.717) is 5.56 Å². The number of aromatic hydroxyl groups is 2. The van der Waals surface area contributed by atoms with E-state index in [0.717, 1.165) is 12.1 Å². The number of benzene rings is 2. The molecule has 51 heavy (non-hydrogen) atoms. The van der Waals surface area contributed by atoms with Crippen LogP contribution in [-0.2, 0) is 18.9 Å². The monoisotopic (exact) mass is 726 g/mol. The molecule has 3 aliphatic rings. The fourth-order valence-corrected chi connectivity index (χ4v) is 6.25. The number of phenolic OH excluding ortho intramolecular Hbond substituents is 2. The lowest BCUT2D eigenvalue weighted by atomic mass is 9.91. The molecule has 19 nitrogen and oxygen atoms in total. The summed E-state index contributed by atoms with van der Waals surface area (Å²) in [4.78, 5) is 13.6. The van der Waals surface area contributed by atoms with Crippen LogP contribution in [0.4, 0.5) is 0 Å². The van der Waals surface area contributed by atoms with Crippen molar-refractivity contribution in [3.05, 3.63) is 52.2 Å². The number of rotatable bonds is 8. The maximum Gasteiger partial charge on any atom is 0.229 e. The minimum absolute atomic E-state index is 0.0188. The third-order valence-electron chi connectivity index (χ3n) is 9.14.